The molecular formula is C18H24ClN3O3. The highest BCUT2D eigenvalue weighted by Crippen LogP contribution is 2.43. The number of non-ortho nitro benzene ring substituents is 1. The number of nitrogens with two attached hydrogens (primary N) is 1. The van der Waals surface area contributed by atoms with Gasteiger partial charge in [-0.1, -0.05) is 12.5 Å². The van der Waals surface area contributed by atoms with Crippen molar-refractivity contribution < 1.29 is 9.72 Å². The van der Waals surface area contributed by atoms with Crippen molar-refractivity contribution in [3.05, 3.63) is 33.9 Å². The number of carbonyl (C=O) groups is 1. The van der Waals surface area contributed by atoms with E-state index in [1.54, 1.807) is 17.0 Å². The van der Waals surface area contributed by atoms with E-state index in [-0.39, 0.29) is 36.0 Å². The van der Waals surface area contributed by atoms with E-state index in [9.17, 15) is 14.9 Å². The highest BCUT2D eigenvalue weighted by Gasteiger charge is 2.42. The first-order valence-corrected chi connectivity index (χ1v) is 8.89. The predicted octanol–water partition coefficient (Wildman–Crippen LogP) is 3.06. The number of fused-ring (bicyclic) bond motifs is 3. The number of halogens is 1. The molecule has 0 aromatic heterocycles. The first-order valence-electron chi connectivity index (χ1n) is 8.89. The fourth-order valence-electron chi connectivity index (χ4n) is 4.92. The second-order valence-electron chi connectivity index (χ2n) is 7.51. The first-order chi connectivity index (χ1) is 11.5. The Hall–Kier alpha value is -1.66. The summed E-state index contributed by atoms with van der Waals surface area (Å²) in [5, 5.41) is 11.0. The summed E-state index contributed by atoms with van der Waals surface area (Å²) in [4.78, 5) is 25.5. The molecule has 2 fully saturated rings. The fourth-order valence-corrected chi connectivity index (χ4v) is 4.92. The summed E-state index contributed by atoms with van der Waals surface area (Å²) in [7, 11) is 0. The average Bonchev–Trinajstić information content (AvgIpc) is 2.96. The summed E-state index contributed by atoms with van der Waals surface area (Å²) in [6, 6.07) is 5.10. The zero-order valence-electron chi connectivity index (χ0n) is 14.1. The maximum Gasteiger partial charge on any atom is 0.271 e. The van der Waals surface area contributed by atoms with Crippen molar-refractivity contribution in [3.63, 3.8) is 0 Å². The van der Waals surface area contributed by atoms with Gasteiger partial charge in [0.25, 0.3) is 5.69 Å². The van der Waals surface area contributed by atoms with E-state index in [1.165, 1.54) is 12.5 Å². The lowest BCUT2D eigenvalue weighted by Crippen LogP contribution is -2.49. The van der Waals surface area contributed by atoms with Crippen molar-refractivity contribution in [1.29, 1.82) is 0 Å². The minimum Gasteiger partial charge on any atom is -0.327 e. The number of rotatable bonds is 2. The van der Waals surface area contributed by atoms with Crippen LogP contribution in [0, 0.1) is 27.9 Å². The number of amides is 1. The summed E-state index contributed by atoms with van der Waals surface area (Å²) >= 11 is 0. The van der Waals surface area contributed by atoms with Gasteiger partial charge in [0.15, 0.2) is 0 Å². The maximum atomic E-state index is 13.1. The Morgan fingerprint density at radius 2 is 1.92 bits per heavy atom. The summed E-state index contributed by atoms with van der Waals surface area (Å²) in [5.74, 6) is 1.07. The van der Waals surface area contributed by atoms with E-state index in [4.69, 9.17) is 5.73 Å². The van der Waals surface area contributed by atoms with Crippen LogP contribution in [0.25, 0.3) is 0 Å². The van der Waals surface area contributed by atoms with Crippen LogP contribution in [0.1, 0.15) is 37.7 Å². The van der Waals surface area contributed by atoms with E-state index in [1.807, 2.05) is 0 Å². The Morgan fingerprint density at radius 3 is 2.56 bits per heavy atom. The van der Waals surface area contributed by atoms with Crippen molar-refractivity contribution in [2.45, 2.75) is 44.6 Å². The molecule has 7 heteroatoms. The van der Waals surface area contributed by atoms with E-state index in [0.29, 0.717) is 18.4 Å². The van der Waals surface area contributed by atoms with Gasteiger partial charge in [-0.15, -0.1) is 12.4 Å². The van der Waals surface area contributed by atoms with Crippen LogP contribution in [0.15, 0.2) is 18.2 Å². The summed E-state index contributed by atoms with van der Waals surface area (Å²) in [6.45, 7) is 0.632. The smallest absolute Gasteiger partial charge is 0.271 e. The van der Waals surface area contributed by atoms with Gasteiger partial charge in [-0.05, 0) is 49.5 Å². The minimum absolute atomic E-state index is 0. The summed E-state index contributed by atoms with van der Waals surface area (Å²) < 4.78 is 0. The van der Waals surface area contributed by atoms with Crippen LogP contribution in [0.4, 0.5) is 11.4 Å². The standard InChI is InChI=1S/C18H23N3O3.ClH/c19-17-12-2-1-3-13(17)9-14(8-12)18(22)20-7-6-11-4-5-15(21(23)24)10-16(11)20;/h4-5,10,12-14,17H,1-3,6-9,19H2;1H. The zero-order chi connectivity index (χ0) is 16.8. The van der Waals surface area contributed by atoms with Gasteiger partial charge in [-0.25, -0.2) is 0 Å². The molecule has 0 radical (unpaired) electrons. The van der Waals surface area contributed by atoms with E-state index in [0.717, 1.165) is 43.4 Å². The van der Waals surface area contributed by atoms with E-state index >= 15 is 0 Å². The van der Waals surface area contributed by atoms with Crippen molar-refractivity contribution in [1.82, 2.24) is 0 Å². The molecule has 136 valence electrons. The third-order valence-corrected chi connectivity index (χ3v) is 6.20. The molecule has 6 nitrogen and oxygen atoms in total. The van der Waals surface area contributed by atoms with Crippen molar-refractivity contribution in [3.8, 4) is 0 Å². The fraction of sp³-hybridized carbons (Fsp3) is 0.611. The highest BCUT2D eigenvalue weighted by molar-refractivity contribution is 5.97. The van der Waals surface area contributed by atoms with Crippen LogP contribution >= 0.6 is 12.4 Å². The summed E-state index contributed by atoms with van der Waals surface area (Å²) in [5.41, 5.74) is 8.14. The normalized spacial score (nSPS) is 30.4. The van der Waals surface area contributed by atoms with Gasteiger partial charge < -0.3 is 10.6 Å². The Labute approximate surface area is 153 Å². The molecule has 1 heterocycles. The van der Waals surface area contributed by atoms with Gasteiger partial charge in [0.2, 0.25) is 5.91 Å². The molecule has 1 amide bonds. The van der Waals surface area contributed by atoms with E-state index in [2.05, 4.69) is 0 Å². The molecule has 1 aliphatic heterocycles. The molecule has 1 aromatic carbocycles. The van der Waals surface area contributed by atoms with Crippen LogP contribution in [0.3, 0.4) is 0 Å². The molecule has 2 bridgehead atoms. The third kappa shape index (κ3) is 3.13. The Kier molecular flexibility index (Phi) is 5.02. The molecule has 25 heavy (non-hydrogen) atoms. The van der Waals surface area contributed by atoms with Crippen LogP contribution in [0.5, 0.6) is 0 Å². The molecule has 2 unspecified atom stereocenters. The number of benzene rings is 1. The molecular weight excluding hydrogens is 342 g/mol. The largest absolute Gasteiger partial charge is 0.327 e. The highest BCUT2D eigenvalue weighted by atomic mass is 35.5. The maximum absolute atomic E-state index is 13.1. The van der Waals surface area contributed by atoms with Gasteiger partial charge in [-0.3, -0.25) is 14.9 Å². The topological polar surface area (TPSA) is 89.5 Å². The average molecular weight is 366 g/mol. The van der Waals surface area contributed by atoms with Crippen molar-refractivity contribution in [2.75, 3.05) is 11.4 Å². The molecule has 2 N–H and O–H groups in total. The number of nitrogens with zero attached hydrogens (tertiary/aromatic N) is 2. The lowest BCUT2D eigenvalue weighted by Gasteiger charge is -2.44. The SMILES string of the molecule is Cl.NC1C2CCCC1CC(C(=O)N1CCc3ccc([N+](=O)[O-])cc31)C2. The third-order valence-electron chi connectivity index (χ3n) is 6.20. The number of nitro benzene ring substituents is 1. The Bertz CT molecular complexity index is 682. The number of anilines is 1. The van der Waals surface area contributed by atoms with Crippen molar-refractivity contribution >= 4 is 29.7 Å². The van der Waals surface area contributed by atoms with Crippen LogP contribution in [-0.4, -0.2) is 23.4 Å². The van der Waals surface area contributed by atoms with E-state index < -0.39 is 4.92 Å². The lowest BCUT2D eigenvalue weighted by molar-refractivity contribution is -0.384. The molecule has 2 aliphatic carbocycles. The quantitative estimate of drug-likeness (QED) is 0.644. The predicted molar refractivity (Wildman–Crippen MR) is 97.9 cm³/mol. The van der Waals surface area contributed by atoms with Crippen LogP contribution in [-0.2, 0) is 11.2 Å². The second-order valence-corrected chi connectivity index (χ2v) is 7.51. The molecule has 0 saturated heterocycles. The van der Waals surface area contributed by atoms with Gasteiger partial charge in [0.05, 0.1) is 10.6 Å². The van der Waals surface area contributed by atoms with Crippen molar-refractivity contribution in [2.24, 2.45) is 23.5 Å². The minimum atomic E-state index is -0.398. The summed E-state index contributed by atoms with van der Waals surface area (Å²) in [6.07, 6.45) is 6.00. The molecule has 1 aromatic rings. The number of hydrogen-bond acceptors (Lipinski definition) is 4. The number of nitro groups is 1. The van der Waals surface area contributed by atoms with Gasteiger partial charge >= 0.3 is 0 Å². The van der Waals surface area contributed by atoms with Crippen LogP contribution in [0.2, 0.25) is 0 Å². The van der Waals surface area contributed by atoms with Gasteiger partial charge in [-0.2, -0.15) is 0 Å². The molecule has 2 atom stereocenters. The zero-order valence-corrected chi connectivity index (χ0v) is 14.9. The molecule has 2 saturated carbocycles. The molecule has 3 aliphatic rings. The molecule has 4 rings (SSSR count). The van der Waals surface area contributed by atoms with Gasteiger partial charge in [0, 0.05) is 30.6 Å². The lowest BCUT2D eigenvalue weighted by atomic mass is 9.65. The Morgan fingerprint density at radius 1 is 1.24 bits per heavy atom. The van der Waals surface area contributed by atoms with Gasteiger partial charge in [0.1, 0.15) is 0 Å². The number of carbonyl (C=O) groups excluding carboxylic acids is 1. The number of hydrogen-bond donors (Lipinski definition) is 1. The first kappa shape index (κ1) is 18.1. The Balaban J connectivity index is 0.00000182. The monoisotopic (exact) mass is 365 g/mol. The molecule has 0 spiro atoms. The van der Waals surface area contributed by atoms with Crippen LogP contribution < -0.4 is 10.6 Å². The second kappa shape index (κ2) is 6.92.